The highest BCUT2D eigenvalue weighted by Crippen LogP contribution is 2.44. The van der Waals surface area contributed by atoms with Gasteiger partial charge in [-0.25, -0.2) is 14.4 Å². The van der Waals surface area contributed by atoms with Gasteiger partial charge in [-0.2, -0.15) is 0 Å². The number of ether oxygens (including phenoxy) is 2. The lowest BCUT2D eigenvalue weighted by molar-refractivity contribution is 0.00727. The number of fused-ring (bicyclic) bond motifs is 3. The van der Waals surface area contributed by atoms with Crippen molar-refractivity contribution in [2.75, 3.05) is 32.6 Å². The van der Waals surface area contributed by atoms with E-state index < -0.39 is 5.82 Å². The Hall–Kier alpha value is -2.07. The van der Waals surface area contributed by atoms with E-state index in [0.29, 0.717) is 27.2 Å². The lowest BCUT2D eigenvalue weighted by Gasteiger charge is -2.31. The fourth-order valence-corrected chi connectivity index (χ4v) is 6.44. The van der Waals surface area contributed by atoms with Crippen LogP contribution in [-0.4, -0.2) is 48.3 Å². The molecule has 31 heavy (non-hydrogen) atoms. The summed E-state index contributed by atoms with van der Waals surface area (Å²) in [5.41, 5.74) is 0.190. The van der Waals surface area contributed by atoms with Crippen LogP contribution in [-0.2, 0) is 10.3 Å². The van der Waals surface area contributed by atoms with E-state index in [9.17, 15) is 9.18 Å². The number of aromatic nitrogens is 2. The van der Waals surface area contributed by atoms with Gasteiger partial charge in [0.15, 0.2) is 17.3 Å². The molecule has 9 heteroatoms. The summed E-state index contributed by atoms with van der Waals surface area (Å²) in [6, 6.07) is 7.13. The maximum atomic E-state index is 14.9. The van der Waals surface area contributed by atoms with Gasteiger partial charge in [-0.3, -0.25) is 4.79 Å². The van der Waals surface area contributed by atoms with Crippen LogP contribution >= 0.6 is 23.1 Å². The van der Waals surface area contributed by atoms with Gasteiger partial charge in [0, 0.05) is 18.0 Å². The number of carbonyl (C=O) groups is 1. The number of aryl methyl sites for hydroxylation is 1. The van der Waals surface area contributed by atoms with E-state index in [4.69, 9.17) is 9.47 Å². The van der Waals surface area contributed by atoms with Crippen molar-refractivity contribution in [3.05, 3.63) is 45.7 Å². The summed E-state index contributed by atoms with van der Waals surface area (Å²) in [7, 11) is 1.42. The quantitative estimate of drug-likeness (QED) is 0.340. The second-order valence-corrected chi connectivity index (χ2v) is 9.98. The van der Waals surface area contributed by atoms with Crippen LogP contribution < -0.4 is 10.1 Å². The Bertz CT molecular complexity index is 1160. The standard InChI is InChI=1S/C22H22FN3O3S2/c1-12-25-14-3-4-16(28-2)20(23)19(14)21(26-12)30-10-15(27)17-5-6-18(31-17)22-7-13(9-29-22)8-24-11-22/h3-6,13,24H,7-11H2,1-2H3/t13-,22+/m0/s1. The minimum atomic E-state index is -0.509. The fraction of sp³-hybridized carbons (Fsp3) is 0.409. The van der Waals surface area contributed by atoms with E-state index in [1.165, 1.54) is 30.2 Å². The smallest absolute Gasteiger partial charge is 0.183 e. The summed E-state index contributed by atoms with van der Waals surface area (Å²) < 4.78 is 26.1. The Morgan fingerprint density at radius 2 is 2.26 bits per heavy atom. The van der Waals surface area contributed by atoms with Crippen molar-refractivity contribution in [2.45, 2.75) is 24.0 Å². The van der Waals surface area contributed by atoms with Crippen molar-refractivity contribution < 1.29 is 18.7 Å². The number of halogens is 1. The molecule has 4 heterocycles. The first-order valence-corrected chi connectivity index (χ1v) is 11.9. The Labute approximate surface area is 187 Å². The zero-order chi connectivity index (χ0) is 21.6. The second kappa shape index (κ2) is 8.12. The first-order chi connectivity index (χ1) is 15.0. The van der Waals surface area contributed by atoms with Gasteiger partial charge in [0.1, 0.15) is 16.5 Å². The summed E-state index contributed by atoms with van der Waals surface area (Å²) in [5.74, 6) is 0.839. The molecule has 2 atom stereocenters. The van der Waals surface area contributed by atoms with Crippen LogP contribution in [0, 0.1) is 18.7 Å². The Morgan fingerprint density at radius 3 is 3.10 bits per heavy atom. The predicted octanol–water partition coefficient (Wildman–Crippen LogP) is 3.96. The topological polar surface area (TPSA) is 73.3 Å². The third kappa shape index (κ3) is 3.73. The molecule has 2 saturated heterocycles. The summed E-state index contributed by atoms with van der Waals surface area (Å²) in [6.45, 7) is 4.29. The van der Waals surface area contributed by atoms with Crippen molar-refractivity contribution in [1.82, 2.24) is 15.3 Å². The van der Waals surface area contributed by atoms with Gasteiger partial charge in [0.25, 0.3) is 0 Å². The lowest BCUT2D eigenvalue weighted by Crippen LogP contribution is -2.42. The Kier molecular flexibility index (Phi) is 5.45. The molecule has 2 aliphatic heterocycles. The molecule has 0 radical (unpaired) electrons. The number of ketones is 1. The molecular formula is C22H22FN3O3S2. The molecule has 2 aliphatic rings. The number of nitrogens with one attached hydrogen (secondary N) is 1. The molecule has 0 saturated carbocycles. The molecule has 5 rings (SSSR count). The number of rotatable bonds is 6. The molecule has 0 unspecified atom stereocenters. The van der Waals surface area contributed by atoms with Gasteiger partial charge >= 0.3 is 0 Å². The van der Waals surface area contributed by atoms with Gasteiger partial charge < -0.3 is 14.8 Å². The molecule has 3 aromatic rings. The third-order valence-electron chi connectivity index (χ3n) is 5.79. The molecule has 2 bridgehead atoms. The zero-order valence-corrected chi connectivity index (χ0v) is 18.9. The van der Waals surface area contributed by atoms with Crippen LogP contribution in [0.1, 0.15) is 26.8 Å². The second-order valence-electron chi connectivity index (χ2n) is 7.93. The number of thiophene rings is 1. The van der Waals surface area contributed by atoms with Gasteiger partial charge in [-0.1, -0.05) is 11.8 Å². The number of methoxy groups -OCH3 is 1. The maximum absolute atomic E-state index is 14.9. The van der Waals surface area contributed by atoms with Crippen LogP contribution in [0.25, 0.3) is 10.9 Å². The largest absolute Gasteiger partial charge is 0.494 e. The van der Waals surface area contributed by atoms with Crippen molar-refractivity contribution in [2.24, 2.45) is 5.92 Å². The van der Waals surface area contributed by atoms with Crippen LogP contribution in [0.2, 0.25) is 0 Å². The monoisotopic (exact) mass is 459 g/mol. The summed E-state index contributed by atoms with van der Waals surface area (Å²) in [6.07, 6.45) is 0.996. The Balaban J connectivity index is 1.37. The van der Waals surface area contributed by atoms with Gasteiger partial charge in [0.2, 0.25) is 0 Å². The van der Waals surface area contributed by atoms with Gasteiger partial charge in [0.05, 0.1) is 35.2 Å². The van der Waals surface area contributed by atoms with E-state index in [-0.39, 0.29) is 28.3 Å². The SMILES string of the molecule is COc1ccc2nc(C)nc(SCC(=O)c3ccc([C@@]45CNC[C@@H](CO4)C5)s3)c2c1F. The number of nitrogens with zero attached hydrogens (tertiary/aromatic N) is 2. The molecule has 2 fully saturated rings. The van der Waals surface area contributed by atoms with Gasteiger partial charge in [-0.15, -0.1) is 11.3 Å². The number of Topliss-reactive ketones (excluding diaryl/α,β-unsaturated/α-hetero) is 1. The van der Waals surface area contributed by atoms with E-state index in [0.717, 1.165) is 31.0 Å². The number of carbonyl (C=O) groups excluding carboxylic acids is 1. The number of piperidine rings is 1. The highest BCUT2D eigenvalue weighted by atomic mass is 32.2. The van der Waals surface area contributed by atoms with Crippen molar-refractivity contribution in [3.63, 3.8) is 0 Å². The highest BCUT2D eigenvalue weighted by molar-refractivity contribution is 8.00. The summed E-state index contributed by atoms with van der Waals surface area (Å²) >= 11 is 2.72. The highest BCUT2D eigenvalue weighted by Gasteiger charge is 2.45. The average molecular weight is 460 g/mol. The zero-order valence-electron chi connectivity index (χ0n) is 17.2. The van der Waals surface area contributed by atoms with Crippen LogP contribution in [0.4, 0.5) is 4.39 Å². The number of hydrogen-bond acceptors (Lipinski definition) is 8. The van der Waals surface area contributed by atoms with E-state index in [1.54, 1.807) is 19.1 Å². The lowest BCUT2D eigenvalue weighted by atomic mass is 9.89. The van der Waals surface area contributed by atoms with Crippen LogP contribution in [0.5, 0.6) is 5.75 Å². The number of hydrogen-bond donors (Lipinski definition) is 1. The van der Waals surface area contributed by atoms with Crippen molar-refractivity contribution in [3.8, 4) is 5.75 Å². The van der Waals surface area contributed by atoms with E-state index in [2.05, 4.69) is 15.3 Å². The third-order valence-corrected chi connectivity index (χ3v) is 8.08. The Morgan fingerprint density at radius 1 is 1.39 bits per heavy atom. The predicted molar refractivity (Wildman–Crippen MR) is 119 cm³/mol. The first-order valence-electron chi connectivity index (χ1n) is 10.1. The fourth-order valence-electron chi connectivity index (χ4n) is 4.30. The number of benzene rings is 1. The molecule has 0 spiro atoms. The molecule has 1 aromatic carbocycles. The van der Waals surface area contributed by atoms with Crippen molar-refractivity contribution >= 4 is 39.8 Å². The van der Waals surface area contributed by atoms with E-state index in [1.807, 2.05) is 12.1 Å². The van der Waals surface area contributed by atoms with Crippen LogP contribution in [0.3, 0.4) is 0 Å². The summed E-state index contributed by atoms with van der Waals surface area (Å²) in [4.78, 5) is 23.4. The van der Waals surface area contributed by atoms with E-state index >= 15 is 0 Å². The summed E-state index contributed by atoms with van der Waals surface area (Å²) in [5, 5.41) is 4.17. The maximum Gasteiger partial charge on any atom is 0.183 e. The molecule has 0 amide bonds. The minimum Gasteiger partial charge on any atom is -0.494 e. The molecule has 6 nitrogen and oxygen atoms in total. The number of thioether (sulfide) groups is 1. The molecule has 1 N–H and O–H groups in total. The van der Waals surface area contributed by atoms with Crippen LogP contribution in [0.15, 0.2) is 29.3 Å². The van der Waals surface area contributed by atoms with Gasteiger partial charge in [-0.05, 0) is 43.5 Å². The molecule has 162 valence electrons. The first kappa shape index (κ1) is 20.8. The minimum absolute atomic E-state index is 0.0105. The van der Waals surface area contributed by atoms with Crippen molar-refractivity contribution in [1.29, 1.82) is 0 Å². The molecular weight excluding hydrogens is 437 g/mol. The molecule has 2 aromatic heterocycles. The normalized spacial score (nSPS) is 22.7. The average Bonchev–Trinajstić information content (AvgIpc) is 3.37. The molecule has 0 aliphatic carbocycles.